The first-order valence-corrected chi connectivity index (χ1v) is 6.50. The number of hydrogen-bond acceptors (Lipinski definition) is 3. The second-order valence-electron chi connectivity index (χ2n) is 5.14. The van der Waals surface area contributed by atoms with E-state index in [9.17, 15) is 4.79 Å². The number of nitrogen functional groups attached to an aromatic ring is 1. The molecule has 0 spiro atoms. The lowest BCUT2D eigenvalue weighted by atomic mass is 10.1. The predicted molar refractivity (Wildman–Crippen MR) is 79.2 cm³/mol. The largest absolute Gasteiger partial charge is 0.455 e. The second-order valence-corrected chi connectivity index (χ2v) is 5.14. The summed E-state index contributed by atoms with van der Waals surface area (Å²) in [5.41, 5.74) is 10.5. The van der Waals surface area contributed by atoms with Crippen LogP contribution in [0.3, 0.4) is 0 Å². The van der Waals surface area contributed by atoms with Crippen molar-refractivity contribution < 1.29 is 9.53 Å². The first kappa shape index (κ1) is 12.5. The summed E-state index contributed by atoms with van der Waals surface area (Å²) in [6, 6.07) is 9.56. The van der Waals surface area contributed by atoms with Gasteiger partial charge in [-0.3, -0.25) is 4.79 Å². The van der Waals surface area contributed by atoms with Gasteiger partial charge >= 0.3 is 0 Å². The Hall–Kier alpha value is -2.49. The van der Waals surface area contributed by atoms with Gasteiger partial charge in [-0.15, -0.1) is 0 Å². The number of hydrogen-bond donors (Lipinski definition) is 2. The Bertz CT molecular complexity index is 708. The maximum absolute atomic E-state index is 11.4. The number of rotatable bonds is 2. The van der Waals surface area contributed by atoms with Gasteiger partial charge < -0.3 is 15.8 Å². The Morgan fingerprint density at radius 3 is 2.70 bits per heavy atom. The number of ether oxygens (including phenoxy) is 1. The summed E-state index contributed by atoms with van der Waals surface area (Å²) >= 11 is 0. The molecule has 4 nitrogen and oxygen atoms in total. The molecule has 0 aliphatic carbocycles. The van der Waals surface area contributed by atoms with Gasteiger partial charge in [0.1, 0.15) is 5.75 Å². The number of anilines is 2. The van der Waals surface area contributed by atoms with E-state index >= 15 is 0 Å². The van der Waals surface area contributed by atoms with Crippen molar-refractivity contribution in [3.8, 4) is 11.5 Å². The molecule has 0 saturated carbocycles. The van der Waals surface area contributed by atoms with E-state index in [4.69, 9.17) is 10.5 Å². The third-order valence-corrected chi connectivity index (χ3v) is 3.41. The fourth-order valence-corrected chi connectivity index (χ4v) is 2.39. The lowest BCUT2D eigenvalue weighted by molar-refractivity contribution is -0.115. The normalized spacial score (nSPS) is 13.0. The molecule has 3 N–H and O–H groups in total. The molecule has 1 amide bonds. The van der Waals surface area contributed by atoms with Crippen LogP contribution in [0.4, 0.5) is 11.4 Å². The fourth-order valence-electron chi connectivity index (χ4n) is 2.39. The molecule has 0 aromatic heterocycles. The van der Waals surface area contributed by atoms with E-state index in [1.807, 2.05) is 26.0 Å². The Morgan fingerprint density at radius 1 is 1.15 bits per heavy atom. The molecular formula is C16H16N2O2. The van der Waals surface area contributed by atoms with Crippen LogP contribution in [0.5, 0.6) is 11.5 Å². The van der Waals surface area contributed by atoms with Crippen LogP contribution in [-0.4, -0.2) is 5.91 Å². The van der Waals surface area contributed by atoms with Crippen molar-refractivity contribution in [1.82, 2.24) is 0 Å². The van der Waals surface area contributed by atoms with Gasteiger partial charge in [0.25, 0.3) is 0 Å². The highest BCUT2D eigenvalue weighted by molar-refractivity contribution is 6.00. The summed E-state index contributed by atoms with van der Waals surface area (Å²) in [6.07, 6.45) is 0.378. The van der Waals surface area contributed by atoms with Crippen molar-refractivity contribution in [1.29, 1.82) is 0 Å². The van der Waals surface area contributed by atoms with Crippen LogP contribution in [0.15, 0.2) is 30.3 Å². The summed E-state index contributed by atoms with van der Waals surface area (Å²) in [4.78, 5) is 11.4. The summed E-state index contributed by atoms with van der Waals surface area (Å²) in [5.74, 6) is 1.33. The first-order chi connectivity index (χ1) is 9.52. The molecule has 0 saturated heterocycles. The van der Waals surface area contributed by atoms with Crippen molar-refractivity contribution in [3.05, 3.63) is 47.0 Å². The van der Waals surface area contributed by atoms with Gasteiger partial charge in [0.05, 0.1) is 12.1 Å². The number of benzene rings is 2. The summed E-state index contributed by atoms with van der Waals surface area (Å²) < 4.78 is 5.88. The van der Waals surface area contributed by atoms with Crippen LogP contribution in [0.25, 0.3) is 0 Å². The zero-order chi connectivity index (χ0) is 14.3. The van der Waals surface area contributed by atoms with Gasteiger partial charge in [-0.05, 0) is 37.1 Å². The Kier molecular flexibility index (Phi) is 2.86. The molecule has 0 radical (unpaired) electrons. The minimum atomic E-state index is -0.0110. The number of fused-ring (bicyclic) bond motifs is 1. The van der Waals surface area contributed by atoms with Crippen LogP contribution in [0.2, 0.25) is 0 Å². The molecule has 0 unspecified atom stereocenters. The van der Waals surface area contributed by atoms with Crippen LogP contribution in [0, 0.1) is 13.8 Å². The number of amides is 1. The maximum atomic E-state index is 11.4. The molecular weight excluding hydrogens is 252 g/mol. The molecule has 1 aliphatic heterocycles. The molecule has 1 aliphatic rings. The Labute approximate surface area is 117 Å². The fraction of sp³-hybridized carbons (Fsp3) is 0.188. The van der Waals surface area contributed by atoms with Crippen LogP contribution >= 0.6 is 0 Å². The molecule has 2 aromatic carbocycles. The van der Waals surface area contributed by atoms with Crippen LogP contribution in [-0.2, 0) is 11.2 Å². The topological polar surface area (TPSA) is 64.3 Å². The van der Waals surface area contributed by atoms with Gasteiger partial charge in [-0.2, -0.15) is 0 Å². The van der Waals surface area contributed by atoms with E-state index in [1.165, 1.54) is 5.56 Å². The lowest BCUT2D eigenvalue weighted by Gasteiger charge is -2.12. The van der Waals surface area contributed by atoms with Crippen molar-refractivity contribution >= 4 is 17.3 Å². The molecule has 102 valence electrons. The molecule has 20 heavy (non-hydrogen) atoms. The third kappa shape index (κ3) is 2.20. The monoisotopic (exact) mass is 268 g/mol. The van der Waals surface area contributed by atoms with E-state index in [0.29, 0.717) is 17.9 Å². The summed E-state index contributed by atoms with van der Waals surface area (Å²) in [5, 5.41) is 2.80. The highest BCUT2D eigenvalue weighted by Crippen LogP contribution is 2.36. The standard InChI is InChI=1S/C16H16N2O2/c1-9-3-4-14(10(2)5-9)20-15-8-13-11(6-12(15)17)7-16(19)18-13/h3-6,8H,7,17H2,1-2H3,(H,18,19). The molecule has 0 fully saturated rings. The van der Waals surface area contributed by atoms with Crippen LogP contribution < -0.4 is 15.8 Å². The SMILES string of the molecule is Cc1ccc(Oc2cc3c(cc2N)CC(=O)N3)c(C)c1. The zero-order valence-corrected chi connectivity index (χ0v) is 11.5. The van der Waals surface area contributed by atoms with E-state index in [1.54, 1.807) is 12.1 Å². The van der Waals surface area contributed by atoms with Gasteiger partial charge in [0.2, 0.25) is 5.91 Å². The number of nitrogens with one attached hydrogen (secondary N) is 1. The van der Waals surface area contributed by atoms with Gasteiger partial charge in [0.15, 0.2) is 5.75 Å². The van der Waals surface area contributed by atoms with E-state index < -0.39 is 0 Å². The van der Waals surface area contributed by atoms with Crippen molar-refractivity contribution in [2.24, 2.45) is 0 Å². The molecule has 2 aromatic rings. The molecule has 3 rings (SSSR count). The van der Waals surface area contributed by atoms with Gasteiger partial charge in [0, 0.05) is 11.8 Å². The highest BCUT2D eigenvalue weighted by atomic mass is 16.5. The molecule has 0 atom stereocenters. The quantitative estimate of drug-likeness (QED) is 0.822. The second kappa shape index (κ2) is 4.56. The molecule has 0 bridgehead atoms. The predicted octanol–water partition coefficient (Wildman–Crippen LogP) is 3.17. The number of carbonyl (C=O) groups excluding carboxylic acids is 1. The smallest absolute Gasteiger partial charge is 0.228 e. The lowest BCUT2D eigenvalue weighted by Crippen LogP contribution is -2.03. The Balaban J connectivity index is 1.95. The van der Waals surface area contributed by atoms with Crippen molar-refractivity contribution in [3.63, 3.8) is 0 Å². The number of carbonyl (C=O) groups is 1. The average molecular weight is 268 g/mol. The minimum Gasteiger partial charge on any atom is -0.455 e. The van der Waals surface area contributed by atoms with Gasteiger partial charge in [-0.1, -0.05) is 17.7 Å². The maximum Gasteiger partial charge on any atom is 0.228 e. The molecule has 1 heterocycles. The Morgan fingerprint density at radius 2 is 1.95 bits per heavy atom. The van der Waals surface area contributed by atoms with E-state index in [2.05, 4.69) is 11.4 Å². The van der Waals surface area contributed by atoms with Crippen LogP contribution in [0.1, 0.15) is 16.7 Å². The average Bonchev–Trinajstić information content (AvgIpc) is 2.72. The van der Waals surface area contributed by atoms with E-state index in [0.717, 1.165) is 22.6 Å². The third-order valence-electron chi connectivity index (χ3n) is 3.41. The summed E-state index contributed by atoms with van der Waals surface area (Å²) in [6.45, 7) is 4.03. The number of nitrogens with two attached hydrogens (primary N) is 1. The minimum absolute atomic E-state index is 0.0110. The van der Waals surface area contributed by atoms with Crippen molar-refractivity contribution in [2.45, 2.75) is 20.3 Å². The van der Waals surface area contributed by atoms with E-state index in [-0.39, 0.29) is 5.91 Å². The zero-order valence-electron chi connectivity index (χ0n) is 11.5. The highest BCUT2D eigenvalue weighted by Gasteiger charge is 2.20. The molecule has 4 heteroatoms. The van der Waals surface area contributed by atoms with Gasteiger partial charge in [-0.25, -0.2) is 0 Å². The first-order valence-electron chi connectivity index (χ1n) is 6.50. The number of aryl methyl sites for hydroxylation is 2. The van der Waals surface area contributed by atoms with Crippen molar-refractivity contribution in [2.75, 3.05) is 11.1 Å². The summed E-state index contributed by atoms with van der Waals surface area (Å²) in [7, 11) is 0.